The van der Waals surface area contributed by atoms with Gasteiger partial charge < -0.3 is 10.1 Å². The van der Waals surface area contributed by atoms with Crippen LogP contribution in [0.4, 0.5) is 0 Å². The van der Waals surface area contributed by atoms with Crippen molar-refractivity contribution in [1.29, 1.82) is 0 Å². The predicted octanol–water partition coefficient (Wildman–Crippen LogP) is 4.12. The van der Waals surface area contributed by atoms with Gasteiger partial charge in [-0.05, 0) is 60.4 Å². The zero-order chi connectivity index (χ0) is 17.6. The lowest BCUT2D eigenvalue weighted by atomic mass is 9.85. The minimum Gasteiger partial charge on any atom is -0.379 e. The lowest BCUT2D eigenvalue weighted by molar-refractivity contribution is 0.118. The van der Waals surface area contributed by atoms with E-state index >= 15 is 0 Å². The number of benzene rings is 1. The van der Waals surface area contributed by atoms with E-state index in [1.54, 1.807) is 19.3 Å². The summed E-state index contributed by atoms with van der Waals surface area (Å²) in [6.07, 6.45) is 6.17. The van der Waals surface area contributed by atoms with Gasteiger partial charge in [0.25, 0.3) is 0 Å². The Bertz CT molecular complexity index is 988. The number of imidazole rings is 1. The minimum atomic E-state index is -1.24. The van der Waals surface area contributed by atoms with Crippen molar-refractivity contribution in [1.82, 2.24) is 15.0 Å². The Labute approximate surface area is 151 Å². The smallest absolute Gasteiger partial charge is 0.129 e. The van der Waals surface area contributed by atoms with Gasteiger partial charge in [0.1, 0.15) is 11.4 Å². The van der Waals surface area contributed by atoms with Gasteiger partial charge in [0, 0.05) is 17.6 Å². The number of aliphatic hydroxyl groups is 1. The van der Waals surface area contributed by atoms with Crippen LogP contribution in [0.3, 0.4) is 0 Å². The second kappa shape index (κ2) is 5.83. The number of rotatable bonds is 2. The number of halogens is 1. The summed E-state index contributed by atoms with van der Waals surface area (Å²) in [5.74, 6) is 0.762. The molecule has 1 atom stereocenters. The van der Waals surface area contributed by atoms with Gasteiger partial charge in [-0.2, -0.15) is 0 Å². The standard InChI is InChI=1S/C20H18ClN3O/c1-12-23-11-19(24-12)20(2,25)17-8-14-4-3-7-22-18(14)9-13-5-6-15(21)10-16(13)17/h3-8,10-11,25H,9H2,1-2H3,(H,23,24). The molecule has 2 aromatic heterocycles. The molecule has 1 aromatic carbocycles. The number of nitrogens with one attached hydrogen (secondary N) is 1. The van der Waals surface area contributed by atoms with Gasteiger partial charge in [0.15, 0.2) is 0 Å². The number of nitrogens with zero attached hydrogens (tertiary/aromatic N) is 2. The van der Waals surface area contributed by atoms with Gasteiger partial charge in [-0.3, -0.25) is 4.98 Å². The lowest BCUT2D eigenvalue weighted by Gasteiger charge is -2.27. The molecule has 0 amide bonds. The largest absolute Gasteiger partial charge is 0.379 e. The van der Waals surface area contributed by atoms with Crippen molar-refractivity contribution in [3.63, 3.8) is 0 Å². The van der Waals surface area contributed by atoms with Gasteiger partial charge in [-0.1, -0.05) is 23.7 Å². The summed E-state index contributed by atoms with van der Waals surface area (Å²) in [6.45, 7) is 3.64. The molecule has 25 heavy (non-hydrogen) atoms. The first kappa shape index (κ1) is 16.1. The van der Waals surface area contributed by atoms with Crippen LogP contribution < -0.4 is 0 Å². The fourth-order valence-corrected chi connectivity index (χ4v) is 3.48. The summed E-state index contributed by atoms with van der Waals surface area (Å²) in [5, 5.41) is 12.0. The maximum atomic E-state index is 11.4. The van der Waals surface area contributed by atoms with E-state index in [1.165, 1.54) is 0 Å². The van der Waals surface area contributed by atoms with Gasteiger partial charge in [0.05, 0.1) is 17.6 Å². The zero-order valence-corrected chi connectivity index (χ0v) is 14.8. The van der Waals surface area contributed by atoms with Crippen molar-refractivity contribution in [2.45, 2.75) is 25.9 Å². The molecule has 0 spiro atoms. The molecule has 0 aliphatic heterocycles. The number of pyridine rings is 1. The van der Waals surface area contributed by atoms with E-state index in [1.807, 2.05) is 43.3 Å². The number of hydrogen-bond acceptors (Lipinski definition) is 3. The van der Waals surface area contributed by atoms with Crippen LogP contribution in [-0.2, 0) is 12.0 Å². The highest BCUT2D eigenvalue weighted by atomic mass is 35.5. The van der Waals surface area contributed by atoms with Gasteiger partial charge in [-0.15, -0.1) is 0 Å². The van der Waals surface area contributed by atoms with E-state index in [-0.39, 0.29) is 0 Å². The maximum Gasteiger partial charge on any atom is 0.129 e. The molecule has 126 valence electrons. The van der Waals surface area contributed by atoms with E-state index in [0.717, 1.165) is 33.8 Å². The van der Waals surface area contributed by atoms with E-state index < -0.39 is 5.60 Å². The molecule has 0 saturated carbocycles. The summed E-state index contributed by atoms with van der Waals surface area (Å²) in [5.41, 5.74) is 4.19. The lowest BCUT2D eigenvalue weighted by Crippen LogP contribution is -2.24. The molecule has 2 N–H and O–H groups in total. The Morgan fingerprint density at radius 1 is 1.24 bits per heavy atom. The summed E-state index contributed by atoms with van der Waals surface area (Å²) in [4.78, 5) is 11.9. The van der Waals surface area contributed by atoms with Crippen LogP contribution in [0, 0.1) is 6.92 Å². The van der Waals surface area contributed by atoms with Crippen LogP contribution in [-0.4, -0.2) is 20.1 Å². The summed E-state index contributed by atoms with van der Waals surface area (Å²) < 4.78 is 0. The maximum absolute atomic E-state index is 11.4. The second-order valence-corrected chi connectivity index (χ2v) is 6.97. The third-order valence-electron chi connectivity index (χ3n) is 4.70. The molecule has 0 radical (unpaired) electrons. The molecule has 0 bridgehead atoms. The molecular formula is C20H18ClN3O. The van der Waals surface area contributed by atoms with Gasteiger partial charge in [0.2, 0.25) is 0 Å². The highest BCUT2D eigenvalue weighted by Gasteiger charge is 2.33. The quantitative estimate of drug-likeness (QED) is 0.730. The fraction of sp³-hybridized carbons (Fsp3) is 0.200. The molecule has 4 rings (SSSR count). The molecular weight excluding hydrogens is 334 g/mol. The first-order valence-corrected chi connectivity index (χ1v) is 8.52. The first-order valence-electron chi connectivity index (χ1n) is 8.14. The van der Waals surface area contributed by atoms with Crippen LogP contribution in [0.1, 0.15) is 40.8 Å². The average Bonchev–Trinajstić information content (AvgIpc) is 2.95. The Hall–Kier alpha value is -2.43. The summed E-state index contributed by atoms with van der Waals surface area (Å²) in [6, 6.07) is 9.71. The summed E-state index contributed by atoms with van der Waals surface area (Å²) >= 11 is 6.26. The molecule has 1 unspecified atom stereocenters. The third kappa shape index (κ3) is 2.77. The fourth-order valence-electron chi connectivity index (χ4n) is 3.31. The van der Waals surface area contributed by atoms with Gasteiger partial charge in [-0.25, -0.2) is 4.98 Å². The van der Waals surface area contributed by atoms with Crippen molar-refractivity contribution >= 4 is 23.3 Å². The van der Waals surface area contributed by atoms with Crippen molar-refractivity contribution < 1.29 is 5.11 Å². The molecule has 0 fully saturated rings. The number of aromatic nitrogens is 3. The van der Waals surface area contributed by atoms with Crippen LogP contribution in [0.25, 0.3) is 11.6 Å². The minimum absolute atomic E-state index is 0.639. The van der Waals surface area contributed by atoms with E-state index in [9.17, 15) is 5.11 Å². The van der Waals surface area contributed by atoms with Crippen LogP contribution in [0.2, 0.25) is 5.02 Å². The number of aromatic amines is 1. The van der Waals surface area contributed by atoms with Crippen molar-refractivity contribution in [2.75, 3.05) is 0 Å². The van der Waals surface area contributed by atoms with Crippen LogP contribution in [0.5, 0.6) is 0 Å². The van der Waals surface area contributed by atoms with E-state index in [0.29, 0.717) is 17.1 Å². The topological polar surface area (TPSA) is 61.8 Å². The molecule has 0 saturated heterocycles. The highest BCUT2D eigenvalue weighted by molar-refractivity contribution is 6.30. The molecule has 1 aliphatic carbocycles. The van der Waals surface area contributed by atoms with Crippen LogP contribution in [0.15, 0.2) is 42.7 Å². The summed E-state index contributed by atoms with van der Waals surface area (Å²) in [7, 11) is 0. The van der Waals surface area contributed by atoms with Crippen molar-refractivity contribution in [2.24, 2.45) is 0 Å². The second-order valence-electron chi connectivity index (χ2n) is 6.53. The number of H-pyrrole nitrogens is 1. The zero-order valence-electron chi connectivity index (χ0n) is 14.0. The molecule has 1 aliphatic rings. The molecule has 4 nitrogen and oxygen atoms in total. The Morgan fingerprint density at radius 2 is 2.08 bits per heavy atom. The normalized spacial score (nSPS) is 15.6. The van der Waals surface area contributed by atoms with E-state index in [2.05, 4.69) is 15.0 Å². The number of hydrogen-bond donors (Lipinski definition) is 2. The molecule has 2 heterocycles. The van der Waals surface area contributed by atoms with Crippen molar-refractivity contribution in [3.05, 3.63) is 81.7 Å². The van der Waals surface area contributed by atoms with Gasteiger partial charge >= 0.3 is 0 Å². The van der Waals surface area contributed by atoms with E-state index in [4.69, 9.17) is 11.6 Å². The first-order chi connectivity index (χ1) is 11.9. The monoisotopic (exact) mass is 351 g/mol. The Balaban J connectivity index is 1.98. The number of fused-ring (bicyclic) bond motifs is 2. The number of aryl methyl sites for hydroxylation is 1. The van der Waals surface area contributed by atoms with Crippen LogP contribution >= 0.6 is 11.6 Å². The third-order valence-corrected chi connectivity index (χ3v) is 4.93. The highest BCUT2D eigenvalue weighted by Crippen LogP contribution is 2.41. The molecule has 3 aromatic rings. The van der Waals surface area contributed by atoms with Crippen molar-refractivity contribution in [3.8, 4) is 0 Å². The SMILES string of the molecule is Cc1ncc(C(C)(O)C2=Cc3cccnc3Cc3ccc(Cl)cc32)[nH]1. The predicted molar refractivity (Wildman–Crippen MR) is 99.3 cm³/mol. The molecule has 5 heteroatoms. The Morgan fingerprint density at radius 3 is 2.84 bits per heavy atom. The average molecular weight is 352 g/mol. The Kier molecular flexibility index (Phi) is 3.74.